The second-order valence-corrected chi connectivity index (χ2v) is 4.86. The van der Waals surface area contributed by atoms with Gasteiger partial charge in [0.25, 0.3) is 0 Å². The predicted octanol–water partition coefficient (Wildman–Crippen LogP) is 4.66. The van der Waals surface area contributed by atoms with Crippen LogP contribution in [0, 0.1) is 0 Å². The van der Waals surface area contributed by atoms with Crippen molar-refractivity contribution < 1.29 is 9.47 Å². The van der Waals surface area contributed by atoms with Gasteiger partial charge in [0.05, 0.1) is 13.7 Å². The molecule has 0 amide bonds. The average molecular weight is 366 g/mol. The zero-order valence-corrected chi connectivity index (χ0v) is 13.4. The number of alkyl halides is 2. The van der Waals surface area contributed by atoms with E-state index >= 15 is 0 Å². The van der Waals surface area contributed by atoms with Gasteiger partial charge in [-0.1, -0.05) is 45.2 Å². The normalized spacial score (nSPS) is 10.4. The molecule has 0 aliphatic rings. The van der Waals surface area contributed by atoms with Gasteiger partial charge >= 0.3 is 0 Å². The van der Waals surface area contributed by atoms with Gasteiger partial charge in [-0.2, -0.15) is 0 Å². The van der Waals surface area contributed by atoms with Crippen molar-refractivity contribution in [3.8, 4) is 11.5 Å². The predicted molar refractivity (Wildman–Crippen MR) is 78.7 cm³/mol. The molecule has 0 spiro atoms. The van der Waals surface area contributed by atoms with Crippen molar-refractivity contribution in [3.05, 3.63) is 23.3 Å². The summed E-state index contributed by atoms with van der Waals surface area (Å²) in [5.41, 5.74) is 2.24. The molecule has 17 heavy (non-hydrogen) atoms. The zero-order chi connectivity index (χ0) is 12.7. The Hall–Kier alpha value is -0.220. The van der Waals surface area contributed by atoms with E-state index in [-0.39, 0.29) is 0 Å². The summed E-state index contributed by atoms with van der Waals surface area (Å²) in [7, 11) is 1.69. The Morgan fingerprint density at radius 1 is 1.06 bits per heavy atom. The Morgan fingerprint density at radius 2 is 1.65 bits per heavy atom. The first kappa shape index (κ1) is 14.8. The van der Waals surface area contributed by atoms with Gasteiger partial charge in [0.2, 0.25) is 0 Å². The van der Waals surface area contributed by atoms with Gasteiger partial charge in [-0.15, -0.1) is 0 Å². The molecule has 0 saturated carbocycles. The number of halogens is 2. The first-order valence-electron chi connectivity index (χ1n) is 5.71. The number of methoxy groups -OCH3 is 1. The lowest BCUT2D eigenvalue weighted by Gasteiger charge is -2.14. The molecular formula is C13H18Br2O2. The van der Waals surface area contributed by atoms with Gasteiger partial charge in [-0.3, -0.25) is 0 Å². The van der Waals surface area contributed by atoms with Crippen molar-refractivity contribution in [2.75, 3.05) is 13.7 Å². The van der Waals surface area contributed by atoms with Crippen LogP contribution in [0.5, 0.6) is 11.5 Å². The molecule has 2 nitrogen and oxygen atoms in total. The van der Waals surface area contributed by atoms with E-state index in [2.05, 4.69) is 44.8 Å². The molecule has 0 atom stereocenters. The highest BCUT2D eigenvalue weighted by Crippen LogP contribution is 2.31. The van der Waals surface area contributed by atoms with E-state index in [1.165, 1.54) is 0 Å². The third-order valence-electron chi connectivity index (χ3n) is 2.51. The molecule has 0 fully saturated rings. The van der Waals surface area contributed by atoms with Crippen LogP contribution in [0.25, 0.3) is 0 Å². The number of ether oxygens (including phenoxy) is 2. The molecule has 1 rings (SSSR count). The van der Waals surface area contributed by atoms with Crippen LogP contribution in [0.4, 0.5) is 0 Å². The monoisotopic (exact) mass is 364 g/mol. The summed E-state index contributed by atoms with van der Waals surface area (Å²) in [5.74, 6) is 1.85. The second-order valence-electron chi connectivity index (χ2n) is 3.74. The summed E-state index contributed by atoms with van der Waals surface area (Å²) >= 11 is 6.94. The molecule has 0 aliphatic heterocycles. The number of rotatable bonds is 7. The maximum atomic E-state index is 5.80. The molecule has 1 aromatic rings. The summed E-state index contributed by atoms with van der Waals surface area (Å²) in [6.45, 7) is 2.93. The molecule has 0 heterocycles. The van der Waals surface area contributed by atoms with Crippen LogP contribution in [0.15, 0.2) is 12.1 Å². The minimum Gasteiger partial charge on any atom is -0.496 e. The largest absolute Gasteiger partial charge is 0.496 e. The Bertz CT molecular complexity index is 354. The van der Waals surface area contributed by atoms with E-state index in [0.717, 1.165) is 52.7 Å². The summed E-state index contributed by atoms with van der Waals surface area (Å²) in [6, 6.07) is 4.09. The fourth-order valence-corrected chi connectivity index (χ4v) is 2.38. The van der Waals surface area contributed by atoms with Gasteiger partial charge in [0, 0.05) is 21.8 Å². The van der Waals surface area contributed by atoms with E-state index in [1.54, 1.807) is 7.11 Å². The fraction of sp³-hybridized carbons (Fsp3) is 0.538. The van der Waals surface area contributed by atoms with Gasteiger partial charge in [-0.05, 0) is 18.6 Å². The molecule has 0 N–H and O–H groups in total. The quantitative estimate of drug-likeness (QED) is 0.516. The molecule has 96 valence electrons. The van der Waals surface area contributed by atoms with Crippen LogP contribution in [0.2, 0.25) is 0 Å². The molecular weight excluding hydrogens is 348 g/mol. The summed E-state index contributed by atoms with van der Waals surface area (Å²) in [6.07, 6.45) is 2.22. The van der Waals surface area contributed by atoms with E-state index < -0.39 is 0 Å². The maximum Gasteiger partial charge on any atom is 0.123 e. The third kappa shape index (κ3) is 4.18. The Labute approximate surface area is 120 Å². The Balaban J connectivity index is 2.93. The summed E-state index contributed by atoms with van der Waals surface area (Å²) in [4.78, 5) is 0. The molecule has 0 saturated heterocycles. The zero-order valence-electron chi connectivity index (χ0n) is 10.3. The van der Waals surface area contributed by atoms with Crippen LogP contribution in [0.3, 0.4) is 0 Å². The first-order valence-corrected chi connectivity index (χ1v) is 7.95. The highest BCUT2D eigenvalue weighted by molar-refractivity contribution is 9.08. The summed E-state index contributed by atoms with van der Waals surface area (Å²) < 4.78 is 11.2. The first-order chi connectivity index (χ1) is 8.26. The van der Waals surface area contributed by atoms with Crippen LogP contribution < -0.4 is 9.47 Å². The highest BCUT2D eigenvalue weighted by Gasteiger charge is 2.10. The second kappa shape index (κ2) is 7.98. The minimum absolute atomic E-state index is 0.767. The van der Waals surface area contributed by atoms with Crippen molar-refractivity contribution in [1.82, 2.24) is 0 Å². The van der Waals surface area contributed by atoms with Gasteiger partial charge in [-0.25, -0.2) is 0 Å². The minimum atomic E-state index is 0.767. The van der Waals surface area contributed by atoms with Crippen LogP contribution >= 0.6 is 31.9 Å². The lowest BCUT2D eigenvalue weighted by Crippen LogP contribution is -2.01. The van der Waals surface area contributed by atoms with Gasteiger partial charge < -0.3 is 9.47 Å². The molecule has 0 radical (unpaired) electrons. The number of hydrogen-bond acceptors (Lipinski definition) is 2. The van der Waals surface area contributed by atoms with Crippen molar-refractivity contribution in [2.45, 2.75) is 30.4 Å². The topological polar surface area (TPSA) is 18.5 Å². The molecule has 0 bridgehead atoms. The Kier molecular flexibility index (Phi) is 6.97. The van der Waals surface area contributed by atoms with E-state index in [1.807, 2.05) is 6.07 Å². The van der Waals surface area contributed by atoms with Crippen LogP contribution in [0.1, 0.15) is 30.9 Å². The number of hydrogen-bond donors (Lipinski definition) is 0. The van der Waals surface area contributed by atoms with Crippen molar-refractivity contribution in [3.63, 3.8) is 0 Å². The molecule has 1 aromatic carbocycles. The average Bonchev–Trinajstić information content (AvgIpc) is 2.38. The van der Waals surface area contributed by atoms with E-state index in [4.69, 9.17) is 9.47 Å². The van der Waals surface area contributed by atoms with Crippen molar-refractivity contribution >= 4 is 31.9 Å². The number of benzene rings is 1. The standard InChI is InChI=1S/C13H18Br2O2/c1-3-4-5-17-13-7-10(8-14)12(16-2)6-11(13)9-15/h6-7H,3-5,8-9H2,1-2H3. The SMILES string of the molecule is CCCCOc1cc(CBr)c(OC)cc1CBr. The van der Waals surface area contributed by atoms with Crippen molar-refractivity contribution in [1.29, 1.82) is 0 Å². The lowest BCUT2D eigenvalue weighted by atomic mass is 10.1. The van der Waals surface area contributed by atoms with Gasteiger partial charge in [0.1, 0.15) is 11.5 Å². The van der Waals surface area contributed by atoms with E-state index in [0.29, 0.717) is 0 Å². The fourth-order valence-electron chi connectivity index (χ4n) is 1.50. The summed E-state index contributed by atoms with van der Waals surface area (Å²) in [5, 5.41) is 1.54. The molecule has 0 aromatic heterocycles. The highest BCUT2D eigenvalue weighted by atomic mass is 79.9. The lowest BCUT2D eigenvalue weighted by molar-refractivity contribution is 0.306. The maximum absolute atomic E-state index is 5.80. The van der Waals surface area contributed by atoms with Crippen molar-refractivity contribution in [2.24, 2.45) is 0 Å². The van der Waals surface area contributed by atoms with Gasteiger partial charge in [0.15, 0.2) is 0 Å². The molecule has 4 heteroatoms. The Morgan fingerprint density at radius 3 is 2.18 bits per heavy atom. The smallest absolute Gasteiger partial charge is 0.123 e. The van der Waals surface area contributed by atoms with E-state index in [9.17, 15) is 0 Å². The third-order valence-corrected chi connectivity index (χ3v) is 3.72. The van der Waals surface area contributed by atoms with Crippen LogP contribution in [-0.4, -0.2) is 13.7 Å². The number of unbranched alkanes of at least 4 members (excludes halogenated alkanes) is 1. The molecule has 0 aliphatic carbocycles. The molecule has 0 unspecified atom stereocenters. The van der Waals surface area contributed by atoms with Crippen LogP contribution in [-0.2, 0) is 10.7 Å².